The molecule has 1 fully saturated rings. The fourth-order valence-corrected chi connectivity index (χ4v) is 4.14. The molecular weight excluding hydrogens is 388 g/mol. The Hall–Kier alpha value is -3.26. The van der Waals surface area contributed by atoms with E-state index in [9.17, 15) is 9.59 Å². The Balaban J connectivity index is 1.59. The molecule has 0 atom stereocenters. The lowest BCUT2D eigenvalue weighted by molar-refractivity contribution is -0.122. The van der Waals surface area contributed by atoms with Crippen LogP contribution in [0.15, 0.2) is 63.2 Å². The summed E-state index contributed by atoms with van der Waals surface area (Å²) in [6, 6.07) is 11.4. The zero-order valence-corrected chi connectivity index (χ0v) is 16.9. The first-order valence-electron chi connectivity index (χ1n) is 9.08. The van der Waals surface area contributed by atoms with Crippen LogP contribution in [0.4, 0.5) is 0 Å². The van der Waals surface area contributed by atoms with Crippen molar-refractivity contribution in [3.63, 3.8) is 0 Å². The zero-order valence-electron chi connectivity index (χ0n) is 16.1. The van der Waals surface area contributed by atoms with Crippen LogP contribution in [-0.2, 0) is 22.7 Å². The van der Waals surface area contributed by atoms with E-state index in [1.165, 1.54) is 16.7 Å². The van der Waals surface area contributed by atoms with E-state index in [4.69, 9.17) is 4.42 Å². The maximum atomic E-state index is 12.5. The van der Waals surface area contributed by atoms with Crippen LogP contribution in [0.25, 0.3) is 17.0 Å². The fourth-order valence-electron chi connectivity index (χ4n) is 3.22. The van der Waals surface area contributed by atoms with Gasteiger partial charge in [0, 0.05) is 36.8 Å². The molecule has 0 radical (unpaired) electrons. The minimum atomic E-state index is -0.118. The number of likely N-dealkylation sites (N-methyl/N-ethyl adjacent to an activating group) is 1. The second-order valence-corrected chi connectivity index (χ2v) is 7.58. The van der Waals surface area contributed by atoms with Gasteiger partial charge in [-0.1, -0.05) is 18.2 Å². The second kappa shape index (κ2) is 8.00. The number of fused-ring (bicyclic) bond motifs is 1. The quantitative estimate of drug-likeness (QED) is 0.658. The molecule has 7 nitrogen and oxygen atoms in total. The molecule has 148 valence electrons. The van der Waals surface area contributed by atoms with Gasteiger partial charge in [-0.2, -0.15) is 0 Å². The van der Waals surface area contributed by atoms with Gasteiger partial charge < -0.3 is 14.3 Å². The van der Waals surface area contributed by atoms with E-state index < -0.39 is 0 Å². The summed E-state index contributed by atoms with van der Waals surface area (Å²) >= 11 is 1.35. The molecular formula is C21H20N4O3S. The van der Waals surface area contributed by atoms with Gasteiger partial charge in [0.05, 0.1) is 17.7 Å². The summed E-state index contributed by atoms with van der Waals surface area (Å²) < 4.78 is 7.13. The van der Waals surface area contributed by atoms with Crippen LogP contribution in [0.2, 0.25) is 0 Å². The van der Waals surface area contributed by atoms with Gasteiger partial charge in [-0.3, -0.25) is 19.5 Å². The molecule has 0 saturated carbocycles. The largest absolute Gasteiger partial charge is 0.467 e. The molecule has 1 saturated heterocycles. The number of amides is 2. The van der Waals surface area contributed by atoms with Gasteiger partial charge in [-0.25, -0.2) is 0 Å². The highest BCUT2D eigenvalue weighted by atomic mass is 32.2. The highest BCUT2D eigenvalue weighted by Crippen LogP contribution is 2.33. The third-order valence-corrected chi connectivity index (χ3v) is 5.81. The smallest absolute Gasteiger partial charge is 0.266 e. The molecule has 1 aliphatic heterocycles. The maximum absolute atomic E-state index is 12.5. The molecule has 1 aliphatic rings. The number of benzene rings is 1. The zero-order chi connectivity index (χ0) is 20.4. The van der Waals surface area contributed by atoms with Crippen molar-refractivity contribution >= 4 is 45.7 Å². The summed E-state index contributed by atoms with van der Waals surface area (Å²) in [7, 11) is 3.38. The molecule has 4 rings (SSSR count). The maximum Gasteiger partial charge on any atom is 0.266 e. The molecule has 2 amide bonds. The standard InChI is InChI=1S/C21H20N4O3S/c1-22-21-24(2)20(27)18(29-21)10-14-12-25(17-8-4-3-7-16(14)17)13-19(26)23-11-15-6-5-9-28-15/h3-10,12H,11,13H2,1-2H3,(H,23,26)/b18-10-,22-21?. The van der Waals surface area contributed by atoms with Crippen LogP contribution in [-0.4, -0.2) is 40.5 Å². The average molecular weight is 408 g/mol. The number of aliphatic imine (C=N–C) groups is 1. The molecule has 3 aromatic rings. The van der Waals surface area contributed by atoms with Crippen molar-refractivity contribution in [2.75, 3.05) is 14.1 Å². The Morgan fingerprint density at radius 3 is 2.83 bits per heavy atom. The van der Waals surface area contributed by atoms with Gasteiger partial charge >= 0.3 is 0 Å². The summed E-state index contributed by atoms with van der Waals surface area (Å²) in [4.78, 5) is 31.2. The van der Waals surface area contributed by atoms with E-state index in [0.29, 0.717) is 22.4 Å². The molecule has 1 aromatic carbocycles. The Kier molecular flexibility index (Phi) is 5.26. The number of carbonyl (C=O) groups excluding carboxylic acids is 2. The van der Waals surface area contributed by atoms with E-state index in [1.807, 2.05) is 47.2 Å². The number of furan rings is 1. The topological polar surface area (TPSA) is 79.8 Å². The number of nitrogens with zero attached hydrogens (tertiary/aromatic N) is 3. The summed E-state index contributed by atoms with van der Waals surface area (Å²) in [5, 5.41) is 4.51. The third-order valence-electron chi connectivity index (χ3n) is 4.65. The molecule has 0 unspecified atom stereocenters. The van der Waals surface area contributed by atoms with Crippen LogP contribution >= 0.6 is 11.8 Å². The summed E-state index contributed by atoms with van der Waals surface area (Å²) in [6.45, 7) is 0.519. The first kappa shape index (κ1) is 19.1. The van der Waals surface area contributed by atoms with Crippen molar-refractivity contribution in [2.45, 2.75) is 13.1 Å². The number of aromatic nitrogens is 1. The van der Waals surface area contributed by atoms with E-state index in [0.717, 1.165) is 16.5 Å². The molecule has 8 heteroatoms. The highest BCUT2D eigenvalue weighted by molar-refractivity contribution is 8.18. The Morgan fingerprint density at radius 1 is 1.28 bits per heavy atom. The Bertz CT molecular complexity index is 1130. The molecule has 0 aliphatic carbocycles. The number of rotatable bonds is 5. The van der Waals surface area contributed by atoms with Gasteiger partial charge in [0.25, 0.3) is 5.91 Å². The predicted molar refractivity (Wildman–Crippen MR) is 114 cm³/mol. The Morgan fingerprint density at radius 2 is 2.10 bits per heavy atom. The van der Waals surface area contributed by atoms with Crippen molar-refractivity contribution in [1.82, 2.24) is 14.8 Å². The molecule has 0 spiro atoms. The van der Waals surface area contributed by atoms with Gasteiger partial charge in [0.1, 0.15) is 12.3 Å². The first-order valence-corrected chi connectivity index (χ1v) is 9.90. The van der Waals surface area contributed by atoms with Crippen molar-refractivity contribution in [1.29, 1.82) is 0 Å². The van der Waals surface area contributed by atoms with Crippen LogP contribution in [0.3, 0.4) is 0 Å². The lowest BCUT2D eigenvalue weighted by Crippen LogP contribution is -2.26. The molecule has 0 bridgehead atoms. The minimum Gasteiger partial charge on any atom is -0.467 e. The summed E-state index contributed by atoms with van der Waals surface area (Å²) in [6.07, 6.45) is 5.34. The summed E-state index contributed by atoms with van der Waals surface area (Å²) in [5.41, 5.74) is 1.82. The monoisotopic (exact) mass is 408 g/mol. The lowest BCUT2D eigenvalue weighted by Gasteiger charge is -2.06. The van der Waals surface area contributed by atoms with Gasteiger partial charge in [0.15, 0.2) is 5.17 Å². The van der Waals surface area contributed by atoms with Crippen molar-refractivity contribution in [2.24, 2.45) is 4.99 Å². The van der Waals surface area contributed by atoms with Crippen molar-refractivity contribution < 1.29 is 14.0 Å². The molecule has 3 heterocycles. The van der Waals surface area contributed by atoms with Crippen molar-refractivity contribution in [3.05, 3.63) is 65.1 Å². The van der Waals surface area contributed by atoms with Gasteiger partial charge in [-0.05, 0) is 36.0 Å². The number of para-hydroxylation sites is 1. The van der Waals surface area contributed by atoms with E-state index >= 15 is 0 Å². The number of hydrogen-bond acceptors (Lipinski definition) is 5. The summed E-state index contributed by atoms with van der Waals surface area (Å²) in [5.74, 6) is 0.506. The first-order chi connectivity index (χ1) is 14.1. The number of thioether (sulfide) groups is 1. The van der Waals surface area contributed by atoms with Gasteiger partial charge in [-0.15, -0.1) is 0 Å². The van der Waals surface area contributed by atoms with Crippen molar-refractivity contribution in [3.8, 4) is 0 Å². The predicted octanol–water partition coefficient (Wildman–Crippen LogP) is 3.08. The van der Waals surface area contributed by atoms with Crippen LogP contribution in [0.5, 0.6) is 0 Å². The van der Waals surface area contributed by atoms with E-state index in [1.54, 1.807) is 26.4 Å². The Labute approximate surface area is 172 Å². The van der Waals surface area contributed by atoms with E-state index in [-0.39, 0.29) is 18.4 Å². The normalized spacial score (nSPS) is 17.0. The third kappa shape index (κ3) is 3.84. The molecule has 1 N–H and O–H groups in total. The number of carbonyl (C=O) groups is 2. The van der Waals surface area contributed by atoms with Gasteiger partial charge in [0.2, 0.25) is 5.91 Å². The average Bonchev–Trinajstić information content (AvgIpc) is 3.43. The SMILES string of the molecule is CN=C1S/C(=C\c2cn(CC(=O)NCc3ccco3)c3ccccc23)C(=O)N1C. The van der Waals surface area contributed by atoms with Crippen LogP contribution in [0, 0.1) is 0 Å². The highest BCUT2D eigenvalue weighted by Gasteiger charge is 2.30. The lowest BCUT2D eigenvalue weighted by atomic mass is 10.1. The minimum absolute atomic E-state index is 0.0800. The second-order valence-electron chi connectivity index (χ2n) is 6.57. The number of nitrogens with one attached hydrogen (secondary N) is 1. The fraction of sp³-hybridized carbons (Fsp3) is 0.190. The van der Waals surface area contributed by atoms with Crippen LogP contribution in [0.1, 0.15) is 11.3 Å². The van der Waals surface area contributed by atoms with E-state index in [2.05, 4.69) is 10.3 Å². The molecule has 2 aromatic heterocycles. The molecule has 29 heavy (non-hydrogen) atoms. The number of amidine groups is 1. The number of hydrogen-bond donors (Lipinski definition) is 1. The van der Waals surface area contributed by atoms with Crippen LogP contribution < -0.4 is 5.32 Å².